The van der Waals surface area contributed by atoms with Gasteiger partial charge in [0.05, 0.1) is 5.92 Å². The number of carboxylic acids is 2. The fraction of sp³-hybridized carbons (Fsp3) is 0.300. The number of hydrogen-bond donors (Lipinski definition) is 3. The third-order valence-corrected chi connectivity index (χ3v) is 6.46. The van der Waals surface area contributed by atoms with Crippen LogP contribution in [-0.4, -0.2) is 69.4 Å². The molecule has 0 saturated heterocycles. The van der Waals surface area contributed by atoms with Gasteiger partial charge in [0.25, 0.3) is 10.1 Å². The summed E-state index contributed by atoms with van der Waals surface area (Å²) in [6, 6.07) is 17.2. The Balaban J connectivity index is 0.00000420. The molecule has 0 heterocycles. The maximum atomic E-state index is 12.2. The van der Waals surface area contributed by atoms with Crippen LogP contribution in [0, 0.1) is 5.92 Å². The maximum absolute atomic E-state index is 12.2. The predicted molar refractivity (Wildman–Crippen MR) is 110 cm³/mol. The Hall–Kier alpha value is -1.71. The number of carbonyl (C=O) groups is 2. The van der Waals surface area contributed by atoms with E-state index >= 15 is 0 Å². The van der Waals surface area contributed by atoms with Crippen molar-refractivity contribution in [1.29, 1.82) is 0 Å². The molecule has 2 rings (SSSR count). The van der Waals surface area contributed by atoms with Crippen molar-refractivity contribution in [2.24, 2.45) is 5.92 Å². The molecule has 0 bridgehead atoms. The predicted octanol–water partition coefficient (Wildman–Crippen LogP) is 2.02. The first-order valence-corrected chi connectivity index (χ1v) is 10.1. The van der Waals surface area contributed by atoms with Crippen LogP contribution in [0.1, 0.15) is 24.0 Å². The van der Waals surface area contributed by atoms with Crippen molar-refractivity contribution in [3.8, 4) is 0 Å². The summed E-state index contributed by atoms with van der Waals surface area (Å²) in [5.41, 5.74) is 1.38. The molecule has 2 unspecified atom stereocenters. The fourth-order valence-electron chi connectivity index (χ4n) is 3.34. The third-order valence-electron chi connectivity index (χ3n) is 4.88. The van der Waals surface area contributed by atoms with Crippen molar-refractivity contribution < 1.29 is 32.8 Å². The molecular weight excluding hydrogens is 407 g/mol. The van der Waals surface area contributed by atoms with Crippen LogP contribution >= 0.6 is 0 Å². The number of carboxylic acid groups (broad SMARTS) is 2. The quantitative estimate of drug-likeness (QED) is 0.388. The van der Waals surface area contributed by atoms with Crippen molar-refractivity contribution in [3.63, 3.8) is 0 Å². The van der Waals surface area contributed by atoms with Crippen molar-refractivity contribution in [2.75, 3.05) is 0 Å². The second-order valence-electron chi connectivity index (χ2n) is 6.57. The Bertz CT molecular complexity index is 916. The molecule has 0 aliphatic rings. The first kappa shape index (κ1) is 25.3. The van der Waals surface area contributed by atoms with Crippen molar-refractivity contribution >= 4 is 51.6 Å². The van der Waals surface area contributed by atoms with E-state index in [-0.39, 0.29) is 48.8 Å². The Morgan fingerprint density at radius 1 is 0.862 bits per heavy atom. The zero-order valence-electron chi connectivity index (χ0n) is 15.1. The minimum absolute atomic E-state index is 0. The summed E-state index contributed by atoms with van der Waals surface area (Å²) in [6.07, 6.45) is -0.660. The zero-order valence-corrected chi connectivity index (χ0v) is 15.9. The normalized spacial score (nSPS) is 14.2. The van der Waals surface area contributed by atoms with E-state index in [4.69, 9.17) is 0 Å². The number of aliphatic carboxylic acids is 2. The van der Waals surface area contributed by atoms with Gasteiger partial charge in [-0.15, -0.1) is 0 Å². The van der Waals surface area contributed by atoms with Gasteiger partial charge in [-0.1, -0.05) is 60.7 Å². The number of rotatable bonds is 10. The van der Waals surface area contributed by atoms with E-state index in [0.717, 1.165) is 5.56 Å². The third kappa shape index (κ3) is 6.13. The molecule has 0 radical (unpaired) electrons. The van der Waals surface area contributed by atoms with Gasteiger partial charge in [0.2, 0.25) is 4.75 Å². The van der Waals surface area contributed by atoms with Crippen LogP contribution in [0.25, 0.3) is 0 Å². The molecule has 0 aliphatic carbocycles. The van der Waals surface area contributed by atoms with E-state index in [2.05, 4.69) is 0 Å². The summed E-state index contributed by atoms with van der Waals surface area (Å²) in [5, 5.41) is 19.4. The van der Waals surface area contributed by atoms with E-state index < -0.39 is 39.1 Å². The SMILES string of the molecule is O=C(O)C(CCc1ccccc1)C(CCc1ccccc1)(C(=O)O)S(=O)(=O)O.[NaH]. The number of hydrogen-bond acceptors (Lipinski definition) is 4. The standard InChI is InChI=1S/C20H22O7S.Na.H/c21-18(22)17(12-11-15-7-3-1-4-8-15)20(19(23)24,28(25,26)27)14-13-16-9-5-2-6-10-16;;/h1-10,17H,11-14H2,(H,21,22)(H,23,24)(H,25,26,27);;. The van der Waals surface area contributed by atoms with Gasteiger partial charge in [-0.25, -0.2) is 0 Å². The summed E-state index contributed by atoms with van der Waals surface area (Å²) in [6.45, 7) is 0. The number of benzene rings is 2. The first-order valence-electron chi connectivity index (χ1n) is 8.69. The van der Waals surface area contributed by atoms with Crippen molar-refractivity contribution in [1.82, 2.24) is 0 Å². The summed E-state index contributed by atoms with van der Waals surface area (Å²) in [7, 11) is -5.22. The molecule has 0 saturated carbocycles. The summed E-state index contributed by atoms with van der Waals surface area (Å²) in [5.74, 6) is -5.26. The zero-order chi connectivity index (χ0) is 20.8. The second kappa shape index (κ2) is 10.9. The Morgan fingerprint density at radius 2 is 1.31 bits per heavy atom. The molecule has 9 heteroatoms. The van der Waals surface area contributed by atoms with E-state index in [1.165, 1.54) is 0 Å². The molecule has 0 aromatic heterocycles. The van der Waals surface area contributed by atoms with Gasteiger partial charge in [-0.05, 0) is 36.8 Å². The molecule has 152 valence electrons. The fourth-order valence-corrected chi connectivity index (χ4v) is 4.49. The van der Waals surface area contributed by atoms with Crippen LogP contribution in [0.5, 0.6) is 0 Å². The molecule has 0 spiro atoms. The molecule has 3 N–H and O–H groups in total. The van der Waals surface area contributed by atoms with Gasteiger partial charge >= 0.3 is 41.5 Å². The average molecular weight is 430 g/mol. The molecule has 0 aliphatic heterocycles. The van der Waals surface area contributed by atoms with Gasteiger partial charge in [0.15, 0.2) is 0 Å². The molecule has 2 aromatic rings. The summed E-state index contributed by atoms with van der Waals surface area (Å²) in [4.78, 5) is 23.9. The van der Waals surface area contributed by atoms with Crippen LogP contribution < -0.4 is 0 Å². The van der Waals surface area contributed by atoms with Gasteiger partial charge < -0.3 is 10.2 Å². The van der Waals surface area contributed by atoms with Crippen LogP contribution in [0.3, 0.4) is 0 Å². The molecule has 0 fully saturated rings. The summed E-state index contributed by atoms with van der Waals surface area (Å²) < 4.78 is 31.3. The van der Waals surface area contributed by atoms with Gasteiger partial charge in [-0.2, -0.15) is 8.42 Å². The molecule has 29 heavy (non-hydrogen) atoms. The second-order valence-corrected chi connectivity index (χ2v) is 8.25. The van der Waals surface area contributed by atoms with Gasteiger partial charge in [0, 0.05) is 0 Å². The van der Waals surface area contributed by atoms with Crippen molar-refractivity contribution in [2.45, 2.75) is 30.4 Å². The first-order chi connectivity index (χ1) is 13.2. The Labute approximate surface area is 191 Å². The molecular formula is C20H23NaO7S. The van der Waals surface area contributed by atoms with Crippen LogP contribution in [0.15, 0.2) is 60.7 Å². The van der Waals surface area contributed by atoms with E-state index in [0.29, 0.717) is 5.56 Å². The topological polar surface area (TPSA) is 129 Å². The van der Waals surface area contributed by atoms with E-state index in [9.17, 15) is 32.8 Å². The minimum atomic E-state index is -5.22. The van der Waals surface area contributed by atoms with Crippen LogP contribution in [0.2, 0.25) is 0 Å². The van der Waals surface area contributed by atoms with Gasteiger partial charge in [-0.3, -0.25) is 14.1 Å². The van der Waals surface area contributed by atoms with E-state index in [1.807, 2.05) is 0 Å². The molecule has 7 nitrogen and oxygen atoms in total. The Morgan fingerprint density at radius 3 is 1.69 bits per heavy atom. The molecule has 2 aromatic carbocycles. The molecule has 0 amide bonds. The van der Waals surface area contributed by atoms with Crippen molar-refractivity contribution in [3.05, 3.63) is 71.8 Å². The average Bonchev–Trinajstić information content (AvgIpc) is 2.64. The van der Waals surface area contributed by atoms with E-state index in [1.54, 1.807) is 60.7 Å². The molecule has 2 atom stereocenters. The van der Waals surface area contributed by atoms with Crippen LogP contribution in [0.4, 0.5) is 0 Å². The Kier molecular flexibility index (Phi) is 9.51. The van der Waals surface area contributed by atoms with Gasteiger partial charge in [0.1, 0.15) is 0 Å². The van der Waals surface area contributed by atoms with Crippen LogP contribution in [-0.2, 0) is 32.5 Å². The number of aryl methyl sites for hydroxylation is 2. The monoisotopic (exact) mass is 430 g/mol. The summed E-state index contributed by atoms with van der Waals surface area (Å²) >= 11 is 0.